The quantitative estimate of drug-likeness (QED) is 0.244. The average Bonchev–Trinajstić information content (AvgIpc) is 3.36. The lowest BCUT2D eigenvalue weighted by Gasteiger charge is -2.17. The molecule has 0 aliphatic heterocycles. The maximum atomic E-state index is 13.9. The molecule has 0 saturated heterocycles. The normalized spacial score (nSPS) is 11.5. The number of hydrogen-bond donors (Lipinski definition) is 5. The smallest absolute Gasteiger partial charge is 0.328 e. The SMILES string of the molecule is Cc1nc(NCCCc2cccc(O)c2F)nc(C)c1C(=O)NC(CNC(=O)c1cccs1)C(=O)O. The first-order valence-corrected chi connectivity index (χ1v) is 12.0. The second-order valence-electron chi connectivity index (χ2n) is 7.93. The number of aryl methyl sites for hydroxylation is 3. The van der Waals surface area contributed by atoms with Gasteiger partial charge in [-0.15, -0.1) is 11.3 Å². The van der Waals surface area contributed by atoms with Gasteiger partial charge in [-0.1, -0.05) is 18.2 Å². The maximum absolute atomic E-state index is 13.9. The minimum absolute atomic E-state index is 0.137. The lowest BCUT2D eigenvalue weighted by Crippen LogP contribution is -2.48. The number of phenolic OH excluding ortho intramolecular Hbond substituents is 1. The minimum atomic E-state index is -1.35. The molecule has 2 heterocycles. The maximum Gasteiger partial charge on any atom is 0.328 e. The van der Waals surface area contributed by atoms with E-state index in [2.05, 4.69) is 25.9 Å². The highest BCUT2D eigenvalue weighted by molar-refractivity contribution is 7.12. The van der Waals surface area contributed by atoms with Gasteiger partial charge in [0.1, 0.15) is 6.04 Å². The monoisotopic (exact) mass is 515 g/mol. The Balaban J connectivity index is 1.57. The molecule has 5 N–H and O–H groups in total. The van der Waals surface area contributed by atoms with Crippen LogP contribution < -0.4 is 16.0 Å². The molecule has 0 bridgehead atoms. The van der Waals surface area contributed by atoms with Crippen LogP contribution in [0.1, 0.15) is 43.4 Å². The Hall–Kier alpha value is -4.06. The Morgan fingerprint density at radius 2 is 1.81 bits per heavy atom. The third kappa shape index (κ3) is 6.75. The number of hydrogen-bond acceptors (Lipinski definition) is 8. The largest absolute Gasteiger partial charge is 0.505 e. The van der Waals surface area contributed by atoms with E-state index in [1.807, 2.05) is 0 Å². The zero-order valence-electron chi connectivity index (χ0n) is 19.7. The summed E-state index contributed by atoms with van der Waals surface area (Å²) in [5, 5.41) is 28.6. The lowest BCUT2D eigenvalue weighted by molar-refractivity contribution is -0.139. The second kappa shape index (κ2) is 12.1. The van der Waals surface area contributed by atoms with Crippen LogP contribution in [0.15, 0.2) is 35.7 Å². The number of carbonyl (C=O) groups is 3. The number of aromatic nitrogens is 2. The molecular weight excluding hydrogens is 489 g/mol. The van der Waals surface area contributed by atoms with Crippen molar-refractivity contribution in [2.75, 3.05) is 18.4 Å². The van der Waals surface area contributed by atoms with Crippen LogP contribution in [-0.4, -0.2) is 57.1 Å². The van der Waals surface area contributed by atoms with Crippen molar-refractivity contribution in [1.29, 1.82) is 0 Å². The summed E-state index contributed by atoms with van der Waals surface area (Å²) >= 11 is 1.22. The predicted octanol–water partition coefficient (Wildman–Crippen LogP) is 2.66. The average molecular weight is 516 g/mol. The van der Waals surface area contributed by atoms with Gasteiger partial charge < -0.3 is 26.2 Å². The first-order valence-electron chi connectivity index (χ1n) is 11.1. The first kappa shape index (κ1) is 26.5. The molecule has 12 heteroatoms. The Labute approximate surface area is 210 Å². The number of aliphatic carboxylic acids is 1. The molecule has 3 aromatic rings. The highest BCUT2D eigenvalue weighted by atomic mass is 32.1. The molecule has 2 aromatic heterocycles. The number of amides is 2. The van der Waals surface area contributed by atoms with E-state index in [4.69, 9.17) is 0 Å². The standard InChI is InChI=1S/C24H26FN5O5S/c1-13-19(22(33)30-16(23(34)35)12-27-21(32)18-9-5-11-36-18)14(2)29-24(28-13)26-10-4-7-15-6-3-8-17(31)20(15)25/h3,5-6,8-9,11,16,31H,4,7,10,12H2,1-2H3,(H,27,32)(H,30,33)(H,34,35)(H,26,28,29). The zero-order valence-corrected chi connectivity index (χ0v) is 20.5. The van der Waals surface area contributed by atoms with E-state index in [-0.39, 0.29) is 23.8 Å². The Bertz CT molecular complexity index is 1230. The number of carboxylic acid groups (broad SMARTS) is 1. The van der Waals surface area contributed by atoms with Gasteiger partial charge in [0.25, 0.3) is 11.8 Å². The van der Waals surface area contributed by atoms with Crippen LogP contribution in [0.2, 0.25) is 0 Å². The number of nitrogens with zero attached hydrogens (tertiary/aromatic N) is 2. The number of carbonyl (C=O) groups excluding carboxylic acids is 2. The highest BCUT2D eigenvalue weighted by Gasteiger charge is 2.24. The van der Waals surface area contributed by atoms with Crippen LogP contribution >= 0.6 is 11.3 Å². The van der Waals surface area contributed by atoms with Crippen LogP contribution in [0, 0.1) is 19.7 Å². The van der Waals surface area contributed by atoms with Crippen molar-refractivity contribution < 1.29 is 29.0 Å². The Kier molecular flexibility index (Phi) is 8.90. The number of carboxylic acids is 1. The van der Waals surface area contributed by atoms with E-state index >= 15 is 0 Å². The molecule has 190 valence electrons. The van der Waals surface area contributed by atoms with Gasteiger partial charge in [-0.2, -0.15) is 0 Å². The zero-order chi connectivity index (χ0) is 26.2. The highest BCUT2D eigenvalue weighted by Crippen LogP contribution is 2.20. The van der Waals surface area contributed by atoms with Crippen molar-refractivity contribution in [3.63, 3.8) is 0 Å². The van der Waals surface area contributed by atoms with Crippen LogP contribution in [-0.2, 0) is 11.2 Å². The van der Waals surface area contributed by atoms with Gasteiger partial charge in [0.2, 0.25) is 5.95 Å². The summed E-state index contributed by atoms with van der Waals surface area (Å²) in [5.41, 5.74) is 1.22. The molecule has 0 aliphatic rings. The number of phenols is 1. The molecule has 36 heavy (non-hydrogen) atoms. The topological polar surface area (TPSA) is 154 Å². The molecule has 2 amide bonds. The van der Waals surface area contributed by atoms with Crippen molar-refractivity contribution in [3.8, 4) is 5.75 Å². The number of rotatable bonds is 11. The summed E-state index contributed by atoms with van der Waals surface area (Å²) in [6.07, 6.45) is 0.937. The number of benzene rings is 1. The van der Waals surface area contributed by atoms with Crippen molar-refractivity contribution >= 4 is 35.1 Å². The molecule has 10 nitrogen and oxygen atoms in total. The second-order valence-corrected chi connectivity index (χ2v) is 8.87. The molecule has 3 rings (SSSR count). The number of anilines is 1. The fourth-order valence-electron chi connectivity index (χ4n) is 3.48. The Morgan fingerprint density at radius 1 is 1.08 bits per heavy atom. The first-order chi connectivity index (χ1) is 17.2. The number of nitrogens with one attached hydrogen (secondary N) is 3. The van der Waals surface area contributed by atoms with Gasteiger partial charge in [0.15, 0.2) is 11.6 Å². The summed E-state index contributed by atoms with van der Waals surface area (Å²) in [6.45, 7) is 3.33. The van der Waals surface area contributed by atoms with E-state index in [1.54, 1.807) is 43.5 Å². The molecule has 1 aromatic carbocycles. The Morgan fingerprint density at radius 3 is 2.44 bits per heavy atom. The minimum Gasteiger partial charge on any atom is -0.505 e. The fourth-order valence-corrected chi connectivity index (χ4v) is 4.12. The van der Waals surface area contributed by atoms with Crippen LogP contribution in [0.5, 0.6) is 5.75 Å². The summed E-state index contributed by atoms with van der Waals surface area (Å²) in [4.78, 5) is 45.5. The predicted molar refractivity (Wildman–Crippen MR) is 132 cm³/mol. The molecular formula is C24H26FN5O5S. The third-order valence-electron chi connectivity index (χ3n) is 5.28. The summed E-state index contributed by atoms with van der Waals surface area (Å²) < 4.78 is 13.9. The van der Waals surface area contributed by atoms with E-state index < -0.39 is 29.6 Å². The molecule has 1 unspecified atom stereocenters. The fraction of sp³-hybridized carbons (Fsp3) is 0.292. The summed E-state index contributed by atoms with van der Waals surface area (Å²) in [5.74, 6) is -3.15. The molecule has 0 spiro atoms. The van der Waals surface area contributed by atoms with Crippen molar-refractivity contribution in [2.45, 2.75) is 32.7 Å². The summed E-state index contributed by atoms with van der Waals surface area (Å²) in [6, 6.07) is 6.43. The van der Waals surface area contributed by atoms with E-state index in [9.17, 15) is 29.0 Å². The molecule has 1 atom stereocenters. The van der Waals surface area contributed by atoms with Gasteiger partial charge in [0, 0.05) is 13.1 Å². The van der Waals surface area contributed by atoms with Crippen molar-refractivity contribution in [3.05, 3.63) is 68.9 Å². The van der Waals surface area contributed by atoms with Gasteiger partial charge in [-0.05, 0) is 49.8 Å². The van der Waals surface area contributed by atoms with Crippen molar-refractivity contribution in [2.24, 2.45) is 0 Å². The lowest BCUT2D eigenvalue weighted by atomic mass is 10.1. The molecule has 0 fully saturated rings. The summed E-state index contributed by atoms with van der Waals surface area (Å²) in [7, 11) is 0. The van der Waals surface area contributed by atoms with Crippen LogP contribution in [0.25, 0.3) is 0 Å². The van der Waals surface area contributed by atoms with E-state index in [0.717, 1.165) is 0 Å². The van der Waals surface area contributed by atoms with E-state index in [0.29, 0.717) is 41.2 Å². The molecule has 0 saturated carbocycles. The van der Waals surface area contributed by atoms with Gasteiger partial charge in [0.05, 0.1) is 21.8 Å². The number of aromatic hydroxyl groups is 1. The number of thiophene rings is 1. The van der Waals surface area contributed by atoms with Crippen LogP contribution in [0.3, 0.4) is 0 Å². The third-order valence-corrected chi connectivity index (χ3v) is 6.15. The molecule has 0 radical (unpaired) electrons. The van der Waals surface area contributed by atoms with Gasteiger partial charge >= 0.3 is 5.97 Å². The molecule has 0 aliphatic carbocycles. The van der Waals surface area contributed by atoms with Crippen LogP contribution in [0.4, 0.5) is 10.3 Å². The van der Waals surface area contributed by atoms with Crippen molar-refractivity contribution in [1.82, 2.24) is 20.6 Å². The van der Waals surface area contributed by atoms with Gasteiger partial charge in [-0.25, -0.2) is 19.2 Å². The number of halogens is 1. The van der Waals surface area contributed by atoms with Gasteiger partial charge in [-0.3, -0.25) is 9.59 Å². The van der Waals surface area contributed by atoms with E-state index in [1.165, 1.54) is 17.4 Å².